The number of β-amino-alcohol motifs (C(OH)–C–C–N with tert-alkyl or cyclic N) is 1. The molecule has 2 aliphatic rings. The number of aliphatic hydroxyl groups is 3. The minimum absolute atomic E-state index is 0.0308. The van der Waals surface area contributed by atoms with Gasteiger partial charge in [-0.15, -0.1) is 0 Å². The zero-order chi connectivity index (χ0) is 19.1. The quantitative estimate of drug-likeness (QED) is 0.238. The van der Waals surface area contributed by atoms with Gasteiger partial charge in [0.05, 0.1) is 18.2 Å². The van der Waals surface area contributed by atoms with Gasteiger partial charge in [0.25, 0.3) is 0 Å². The van der Waals surface area contributed by atoms with Gasteiger partial charge < -0.3 is 40.2 Å². The first kappa shape index (κ1) is 21.2. The van der Waals surface area contributed by atoms with Gasteiger partial charge in [-0.05, 0) is 19.3 Å². The number of nitrogens with one attached hydrogen (secondary N) is 2. The van der Waals surface area contributed by atoms with Gasteiger partial charge in [-0.1, -0.05) is 6.92 Å². The van der Waals surface area contributed by atoms with E-state index in [1.54, 1.807) is 6.92 Å². The summed E-state index contributed by atoms with van der Waals surface area (Å²) in [6, 6.07) is -0.473. The highest BCUT2D eigenvalue weighted by Gasteiger charge is 2.43. The molecule has 0 spiro atoms. The van der Waals surface area contributed by atoms with Crippen molar-refractivity contribution in [1.82, 2.24) is 10.6 Å². The summed E-state index contributed by atoms with van der Waals surface area (Å²) in [5.74, 6) is -0.702. The third-order valence-electron chi connectivity index (χ3n) is 4.91. The normalized spacial score (nSPS) is 37.5. The molecule has 0 aromatic rings. The number of hydrogen-bond acceptors (Lipinski definition) is 8. The van der Waals surface area contributed by atoms with Crippen LogP contribution >= 0.6 is 0 Å². The third kappa shape index (κ3) is 5.70. The number of carbonyl (C=O) groups is 2. The summed E-state index contributed by atoms with van der Waals surface area (Å²) in [4.78, 5) is 22.4. The van der Waals surface area contributed by atoms with E-state index in [1.165, 1.54) is 0 Å². The number of ether oxygens (including phenoxy) is 2. The van der Waals surface area contributed by atoms with Gasteiger partial charge in [-0.3, -0.25) is 4.79 Å². The van der Waals surface area contributed by atoms with Gasteiger partial charge in [0.15, 0.2) is 6.29 Å². The van der Waals surface area contributed by atoms with Crippen LogP contribution in [0.2, 0.25) is 0 Å². The smallest absolute Gasteiger partial charge is 0.237 e. The highest BCUT2D eigenvalue weighted by atomic mass is 16.7. The van der Waals surface area contributed by atoms with Crippen LogP contribution in [-0.4, -0.2) is 84.0 Å². The second kappa shape index (κ2) is 10.3. The SMILES string of the molecule is CC1C(OCCCCC=O)OC(CNC(=O)C2CC(O)CN2)C(O)C1O. The lowest BCUT2D eigenvalue weighted by Gasteiger charge is -2.41. The number of hydrogen-bond donors (Lipinski definition) is 5. The van der Waals surface area contributed by atoms with Crippen molar-refractivity contribution >= 4 is 12.2 Å². The Hall–Kier alpha value is -1.10. The number of unbranched alkanes of at least 4 members (excludes halogenated alkanes) is 2. The van der Waals surface area contributed by atoms with Crippen molar-refractivity contribution in [2.24, 2.45) is 5.92 Å². The molecule has 5 N–H and O–H groups in total. The van der Waals surface area contributed by atoms with Crippen LogP contribution in [0.3, 0.4) is 0 Å². The van der Waals surface area contributed by atoms with E-state index in [0.29, 0.717) is 32.4 Å². The van der Waals surface area contributed by atoms with E-state index in [2.05, 4.69) is 10.6 Å². The van der Waals surface area contributed by atoms with Gasteiger partial charge >= 0.3 is 0 Å². The van der Waals surface area contributed by atoms with Crippen molar-refractivity contribution in [1.29, 1.82) is 0 Å². The number of aldehydes is 1. The summed E-state index contributed by atoms with van der Waals surface area (Å²) < 4.78 is 11.4. The molecule has 150 valence electrons. The molecule has 9 nitrogen and oxygen atoms in total. The molecule has 7 atom stereocenters. The van der Waals surface area contributed by atoms with E-state index in [0.717, 1.165) is 12.7 Å². The Morgan fingerprint density at radius 3 is 2.73 bits per heavy atom. The number of carbonyl (C=O) groups excluding carboxylic acids is 2. The lowest BCUT2D eigenvalue weighted by Crippen LogP contribution is -2.58. The summed E-state index contributed by atoms with van der Waals surface area (Å²) in [7, 11) is 0. The second-order valence-electron chi connectivity index (χ2n) is 7.01. The highest BCUT2D eigenvalue weighted by Crippen LogP contribution is 2.27. The van der Waals surface area contributed by atoms with Crippen LogP contribution in [0.25, 0.3) is 0 Å². The van der Waals surface area contributed by atoms with Crippen molar-refractivity contribution in [3.8, 4) is 0 Å². The Labute approximate surface area is 153 Å². The third-order valence-corrected chi connectivity index (χ3v) is 4.91. The average Bonchev–Trinajstić information content (AvgIpc) is 3.06. The lowest BCUT2D eigenvalue weighted by molar-refractivity contribution is -0.275. The fourth-order valence-electron chi connectivity index (χ4n) is 3.20. The molecule has 9 heteroatoms. The molecule has 2 rings (SSSR count). The molecule has 2 fully saturated rings. The first-order valence-electron chi connectivity index (χ1n) is 9.20. The first-order chi connectivity index (χ1) is 12.4. The van der Waals surface area contributed by atoms with Gasteiger partial charge in [0, 0.05) is 32.0 Å². The van der Waals surface area contributed by atoms with Crippen LogP contribution in [0.5, 0.6) is 0 Å². The molecule has 7 unspecified atom stereocenters. The highest BCUT2D eigenvalue weighted by molar-refractivity contribution is 5.82. The minimum Gasteiger partial charge on any atom is -0.392 e. The minimum atomic E-state index is -1.14. The fraction of sp³-hybridized carbons (Fsp3) is 0.882. The molecule has 2 saturated heterocycles. The lowest BCUT2D eigenvalue weighted by atomic mass is 9.92. The molecule has 0 saturated carbocycles. The Balaban J connectivity index is 1.80. The Morgan fingerprint density at radius 1 is 1.31 bits per heavy atom. The average molecular weight is 374 g/mol. The van der Waals surface area contributed by atoms with Gasteiger partial charge in [-0.2, -0.15) is 0 Å². The molecule has 0 aliphatic carbocycles. The van der Waals surface area contributed by atoms with Crippen LogP contribution in [-0.2, 0) is 19.1 Å². The number of amides is 1. The predicted octanol–water partition coefficient (Wildman–Crippen LogP) is -1.71. The van der Waals surface area contributed by atoms with Crippen molar-refractivity contribution in [2.45, 2.75) is 69.4 Å². The van der Waals surface area contributed by atoms with Gasteiger partial charge in [0.2, 0.25) is 5.91 Å². The van der Waals surface area contributed by atoms with Crippen molar-refractivity contribution < 1.29 is 34.4 Å². The molecular formula is C17H30N2O7. The molecular weight excluding hydrogens is 344 g/mol. The van der Waals surface area contributed by atoms with E-state index in [4.69, 9.17) is 9.47 Å². The van der Waals surface area contributed by atoms with E-state index in [9.17, 15) is 24.9 Å². The maximum atomic E-state index is 12.1. The van der Waals surface area contributed by atoms with Crippen LogP contribution in [0.15, 0.2) is 0 Å². The first-order valence-corrected chi connectivity index (χ1v) is 9.20. The Kier molecular flexibility index (Phi) is 8.39. The summed E-state index contributed by atoms with van der Waals surface area (Å²) in [6.45, 7) is 2.51. The van der Waals surface area contributed by atoms with Crippen LogP contribution in [0, 0.1) is 5.92 Å². The Bertz CT molecular complexity index is 464. The molecule has 2 aliphatic heterocycles. The molecule has 26 heavy (non-hydrogen) atoms. The molecule has 1 amide bonds. The number of aliphatic hydroxyl groups excluding tert-OH is 3. The molecule has 0 aromatic heterocycles. The predicted molar refractivity (Wildman–Crippen MR) is 91.1 cm³/mol. The van der Waals surface area contributed by atoms with Crippen molar-refractivity contribution in [3.05, 3.63) is 0 Å². The zero-order valence-electron chi connectivity index (χ0n) is 15.0. The second-order valence-corrected chi connectivity index (χ2v) is 7.01. The van der Waals surface area contributed by atoms with Crippen molar-refractivity contribution in [3.63, 3.8) is 0 Å². The molecule has 2 heterocycles. The monoisotopic (exact) mass is 374 g/mol. The standard InChI is InChI=1S/C17H30N2O7/c1-10-14(22)15(23)13(26-17(10)25-6-4-2-3-5-20)9-19-16(24)12-7-11(21)8-18-12/h5,10-15,17-18,21-23H,2-4,6-9H2,1H3,(H,19,24). The molecule has 0 radical (unpaired) electrons. The van der Waals surface area contributed by atoms with E-state index >= 15 is 0 Å². The topological polar surface area (TPSA) is 137 Å². The summed E-state index contributed by atoms with van der Waals surface area (Å²) in [6.07, 6.45) is -1.11. The maximum Gasteiger partial charge on any atom is 0.237 e. The van der Waals surface area contributed by atoms with Crippen LogP contribution < -0.4 is 10.6 Å². The number of rotatable bonds is 9. The summed E-state index contributed by atoms with van der Waals surface area (Å²) in [5.41, 5.74) is 0. The van der Waals surface area contributed by atoms with E-state index in [-0.39, 0.29) is 12.5 Å². The van der Waals surface area contributed by atoms with Crippen LogP contribution in [0.4, 0.5) is 0 Å². The van der Waals surface area contributed by atoms with Gasteiger partial charge in [0.1, 0.15) is 18.5 Å². The largest absolute Gasteiger partial charge is 0.392 e. The van der Waals surface area contributed by atoms with E-state index < -0.39 is 42.7 Å². The Morgan fingerprint density at radius 2 is 2.08 bits per heavy atom. The summed E-state index contributed by atoms with van der Waals surface area (Å²) >= 11 is 0. The summed E-state index contributed by atoms with van der Waals surface area (Å²) in [5, 5.41) is 35.5. The molecule has 0 bridgehead atoms. The maximum absolute atomic E-state index is 12.1. The fourth-order valence-corrected chi connectivity index (χ4v) is 3.20. The van der Waals surface area contributed by atoms with Crippen molar-refractivity contribution in [2.75, 3.05) is 19.7 Å². The zero-order valence-corrected chi connectivity index (χ0v) is 15.0. The van der Waals surface area contributed by atoms with Crippen LogP contribution in [0.1, 0.15) is 32.6 Å². The molecule has 0 aromatic carbocycles. The van der Waals surface area contributed by atoms with E-state index in [1.807, 2.05) is 0 Å². The van der Waals surface area contributed by atoms with Gasteiger partial charge in [-0.25, -0.2) is 0 Å².